The minimum Gasteiger partial charge on any atom is -0.455 e. The molecular formula is C14H9BrN6O4. The predicted octanol–water partition coefficient (Wildman–Crippen LogP) is 2.50. The summed E-state index contributed by atoms with van der Waals surface area (Å²) in [5.41, 5.74) is 2.89. The molecule has 0 unspecified atom stereocenters. The molecule has 1 amide bonds. The summed E-state index contributed by atoms with van der Waals surface area (Å²) in [5, 5.41) is 20.5. The molecule has 126 valence electrons. The standard InChI is InChI=1S/C14H9BrN6O4/c15-11-5-8(21(23)24)1-3-10(11)12-4-2-9(25-12)6-17-20-14(22)13-16-7-18-19-13/h1-7H,(H,20,22)(H,16,18,19). The van der Waals surface area contributed by atoms with Crippen molar-refractivity contribution in [3.8, 4) is 11.3 Å². The molecule has 2 heterocycles. The number of hydrogen-bond donors (Lipinski definition) is 2. The van der Waals surface area contributed by atoms with Crippen LogP contribution in [0, 0.1) is 10.1 Å². The normalized spacial score (nSPS) is 10.9. The van der Waals surface area contributed by atoms with E-state index in [1.54, 1.807) is 18.2 Å². The highest BCUT2D eigenvalue weighted by atomic mass is 79.9. The fraction of sp³-hybridized carbons (Fsp3) is 0. The largest absolute Gasteiger partial charge is 0.455 e. The highest BCUT2D eigenvalue weighted by Crippen LogP contribution is 2.32. The van der Waals surface area contributed by atoms with Gasteiger partial charge in [0.25, 0.3) is 5.69 Å². The topological polar surface area (TPSA) is 139 Å². The molecule has 0 fully saturated rings. The van der Waals surface area contributed by atoms with Gasteiger partial charge in [-0.15, -0.1) is 0 Å². The number of aromatic nitrogens is 3. The summed E-state index contributed by atoms with van der Waals surface area (Å²) in [6.07, 6.45) is 2.52. The van der Waals surface area contributed by atoms with Crippen molar-refractivity contribution in [1.82, 2.24) is 20.6 Å². The van der Waals surface area contributed by atoms with E-state index in [0.717, 1.165) is 0 Å². The number of furan rings is 1. The van der Waals surface area contributed by atoms with Crippen molar-refractivity contribution >= 4 is 33.7 Å². The van der Waals surface area contributed by atoms with Crippen molar-refractivity contribution in [1.29, 1.82) is 0 Å². The molecule has 11 heteroatoms. The Morgan fingerprint density at radius 1 is 1.40 bits per heavy atom. The fourth-order valence-corrected chi connectivity index (χ4v) is 2.47. The van der Waals surface area contributed by atoms with Crippen LogP contribution in [0.4, 0.5) is 5.69 Å². The van der Waals surface area contributed by atoms with Crippen LogP contribution in [-0.4, -0.2) is 32.2 Å². The number of halogens is 1. The summed E-state index contributed by atoms with van der Waals surface area (Å²) in [6.45, 7) is 0. The van der Waals surface area contributed by atoms with Crippen LogP contribution < -0.4 is 5.43 Å². The number of rotatable bonds is 5. The molecule has 0 saturated heterocycles. The zero-order valence-corrected chi connectivity index (χ0v) is 13.9. The van der Waals surface area contributed by atoms with Crippen molar-refractivity contribution < 1.29 is 14.1 Å². The van der Waals surface area contributed by atoms with E-state index in [4.69, 9.17) is 4.42 Å². The first kappa shape index (κ1) is 16.5. The Bertz CT molecular complexity index is 950. The monoisotopic (exact) mass is 404 g/mol. The summed E-state index contributed by atoms with van der Waals surface area (Å²) in [4.78, 5) is 25.6. The molecule has 0 bridgehead atoms. The van der Waals surface area contributed by atoms with Crippen molar-refractivity contribution in [3.63, 3.8) is 0 Å². The molecule has 25 heavy (non-hydrogen) atoms. The highest BCUT2D eigenvalue weighted by molar-refractivity contribution is 9.10. The second-order valence-corrected chi connectivity index (χ2v) is 5.51. The molecule has 3 rings (SSSR count). The van der Waals surface area contributed by atoms with Crippen LogP contribution >= 0.6 is 15.9 Å². The van der Waals surface area contributed by atoms with Gasteiger partial charge >= 0.3 is 5.91 Å². The van der Waals surface area contributed by atoms with Crippen molar-refractivity contribution in [2.75, 3.05) is 0 Å². The third-order valence-electron chi connectivity index (χ3n) is 3.04. The maximum Gasteiger partial charge on any atom is 0.308 e. The number of amides is 1. The molecule has 2 aromatic heterocycles. The van der Waals surface area contributed by atoms with Crippen molar-refractivity contribution in [3.05, 3.63) is 62.8 Å². The van der Waals surface area contributed by atoms with E-state index in [1.165, 1.54) is 24.7 Å². The van der Waals surface area contributed by atoms with E-state index in [-0.39, 0.29) is 11.5 Å². The van der Waals surface area contributed by atoms with Crippen LogP contribution in [0.1, 0.15) is 16.4 Å². The first-order valence-electron chi connectivity index (χ1n) is 6.77. The summed E-state index contributed by atoms with van der Waals surface area (Å²) < 4.78 is 6.11. The van der Waals surface area contributed by atoms with Gasteiger partial charge in [0.05, 0.1) is 11.1 Å². The fourth-order valence-electron chi connectivity index (χ4n) is 1.91. The van der Waals surface area contributed by atoms with Crippen LogP contribution in [0.3, 0.4) is 0 Å². The molecule has 0 spiro atoms. The second kappa shape index (κ2) is 7.05. The summed E-state index contributed by atoms with van der Waals surface area (Å²) in [6, 6.07) is 7.68. The molecule has 2 N–H and O–H groups in total. The maximum atomic E-state index is 11.6. The van der Waals surface area contributed by atoms with Gasteiger partial charge in [-0.3, -0.25) is 20.0 Å². The van der Waals surface area contributed by atoms with Gasteiger partial charge in [-0.25, -0.2) is 10.4 Å². The smallest absolute Gasteiger partial charge is 0.308 e. The number of H-pyrrole nitrogens is 1. The average molecular weight is 405 g/mol. The van der Waals surface area contributed by atoms with Crippen LogP contribution in [0.5, 0.6) is 0 Å². The van der Waals surface area contributed by atoms with Gasteiger partial charge in [-0.2, -0.15) is 10.2 Å². The maximum absolute atomic E-state index is 11.6. The van der Waals surface area contributed by atoms with Crippen LogP contribution in [0.25, 0.3) is 11.3 Å². The lowest BCUT2D eigenvalue weighted by Gasteiger charge is -2.00. The number of hydrazone groups is 1. The number of aromatic amines is 1. The Morgan fingerprint density at radius 2 is 2.24 bits per heavy atom. The van der Waals surface area contributed by atoms with E-state index >= 15 is 0 Å². The molecule has 0 aliphatic rings. The summed E-state index contributed by atoms with van der Waals surface area (Å²) in [7, 11) is 0. The summed E-state index contributed by atoms with van der Waals surface area (Å²) in [5.74, 6) is 0.369. The van der Waals surface area contributed by atoms with E-state index < -0.39 is 10.8 Å². The van der Waals surface area contributed by atoms with E-state index in [2.05, 4.69) is 41.6 Å². The molecular weight excluding hydrogens is 396 g/mol. The van der Waals surface area contributed by atoms with E-state index in [1.807, 2.05) is 0 Å². The van der Waals surface area contributed by atoms with E-state index in [0.29, 0.717) is 21.6 Å². The molecule has 10 nitrogen and oxygen atoms in total. The molecule has 0 saturated carbocycles. The van der Waals surface area contributed by atoms with Gasteiger partial charge in [0, 0.05) is 22.2 Å². The molecule has 0 aliphatic heterocycles. The Kier molecular flexibility index (Phi) is 4.66. The molecule has 0 atom stereocenters. The van der Waals surface area contributed by atoms with Crippen molar-refractivity contribution in [2.45, 2.75) is 0 Å². The van der Waals surface area contributed by atoms with Crippen molar-refractivity contribution in [2.24, 2.45) is 5.10 Å². The summed E-state index contributed by atoms with van der Waals surface area (Å²) >= 11 is 3.28. The average Bonchev–Trinajstić information content (AvgIpc) is 3.26. The SMILES string of the molecule is O=C(NN=Cc1ccc(-c2ccc([N+](=O)[O-])cc2Br)o1)c1ncn[nH]1. The quantitative estimate of drug-likeness (QED) is 0.380. The Hall–Kier alpha value is -3.34. The van der Waals surface area contributed by atoms with Gasteiger partial charge in [-0.05, 0) is 34.1 Å². The Balaban J connectivity index is 1.71. The lowest BCUT2D eigenvalue weighted by Crippen LogP contribution is -2.19. The Labute approximate surface area is 148 Å². The first-order valence-corrected chi connectivity index (χ1v) is 7.57. The van der Waals surface area contributed by atoms with E-state index in [9.17, 15) is 14.9 Å². The zero-order chi connectivity index (χ0) is 17.8. The number of benzene rings is 1. The van der Waals surface area contributed by atoms with Crippen LogP contribution in [0.15, 0.2) is 50.7 Å². The van der Waals surface area contributed by atoms with Crippen LogP contribution in [0.2, 0.25) is 0 Å². The number of hydrogen-bond acceptors (Lipinski definition) is 7. The molecule has 1 aromatic carbocycles. The Morgan fingerprint density at radius 3 is 2.92 bits per heavy atom. The van der Waals surface area contributed by atoms with Gasteiger partial charge < -0.3 is 4.42 Å². The third kappa shape index (κ3) is 3.77. The number of carbonyl (C=O) groups is 1. The lowest BCUT2D eigenvalue weighted by molar-refractivity contribution is -0.384. The number of nitrogens with one attached hydrogen (secondary N) is 2. The van der Waals surface area contributed by atoms with Gasteiger partial charge in [0.2, 0.25) is 5.82 Å². The minimum absolute atomic E-state index is 0.0286. The van der Waals surface area contributed by atoms with Gasteiger partial charge in [0.1, 0.15) is 17.8 Å². The molecule has 0 radical (unpaired) electrons. The number of non-ortho nitro benzene ring substituents is 1. The minimum atomic E-state index is -0.543. The molecule has 3 aromatic rings. The van der Waals surface area contributed by atoms with Gasteiger partial charge in [0.15, 0.2) is 0 Å². The molecule has 0 aliphatic carbocycles. The number of nitro groups is 1. The van der Waals surface area contributed by atoms with Gasteiger partial charge in [-0.1, -0.05) is 0 Å². The second-order valence-electron chi connectivity index (χ2n) is 4.66. The highest BCUT2D eigenvalue weighted by Gasteiger charge is 2.13. The number of nitro benzene ring substituents is 1. The predicted molar refractivity (Wildman–Crippen MR) is 89.9 cm³/mol. The third-order valence-corrected chi connectivity index (χ3v) is 3.70. The van der Waals surface area contributed by atoms with Crippen LogP contribution in [-0.2, 0) is 0 Å². The first-order chi connectivity index (χ1) is 12.0. The lowest BCUT2D eigenvalue weighted by atomic mass is 10.1. The number of carbonyl (C=O) groups excluding carboxylic acids is 1. The zero-order valence-electron chi connectivity index (χ0n) is 12.3. The number of nitrogens with zero attached hydrogens (tertiary/aromatic N) is 4.